The maximum Gasteiger partial charge on any atom is 0.274 e. The van der Waals surface area contributed by atoms with Gasteiger partial charge in [0.05, 0.1) is 0 Å². The molecule has 2 aromatic carbocycles. The van der Waals surface area contributed by atoms with Gasteiger partial charge in [-0.2, -0.15) is 4.98 Å². The van der Waals surface area contributed by atoms with Crippen LogP contribution in [0, 0.1) is 6.92 Å². The second-order valence-corrected chi connectivity index (χ2v) is 9.60. The molecule has 0 aliphatic carbocycles. The Morgan fingerprint density at radius 1 is 1.11 bits per heavy atom. The van der Waals surface area contributed by atoms with Crippen molar-refractivity contribution in [2.45, 2.75) is 45.9 Å². The predicted molar refractivity (Wildman–Crippen MR) is 135 cm³/mol. The normalized spacial score (nSPS) is 18.4. The van der Waals surface area contributed by atoms with E-state index in [1.807, 2.05) is 43.3 Å². The van der Waals surface area contributed by atoms with Crippen LogP contribution in [0.25, 0.3) is 11.4 Å². The summed E-state index contributed by atoms with van der Waals surface area (Å²) in [5, 5.41) is 27.3. The zero-order valence-corrected chi connectivity index (χ0v) is 20.8. The van der Waals surface area contributed by atoms with Crippen molar-refractivity contribution in [3.05, 3.63) is 69.9 Å². The molecule has 0 bridgehead atoms. The first-order chi connectivity index (χ1) is 16.7. The number of carbonyl (C=O) groups is 1. The largest absolute Gasteiger partial charge is 0.501 e. The van der Waals surface area contributed by atoms with Gasteiger partial charge in [-0.3, -0.25) is 9.69 Å². The van der Waals surface area contributed by atoms with E-state index >= 15 is 0 Å². The summed E-state index contributed by atoms with van der Waals surface area (Å²) in [5.74, 6) is -1.77. The van der Waals surface area contributed by atoms with Gasteiger partial charge in [0.2, 0.25) is 5.75 Å². The van der Waals surface area contributed by atoms with E-state index in [0.717, 1.165) is 36.3 Å². The zero-order valence-electron chi connectivity index (χ0n) is 20.0. The minimum Gasteiger partial charge on any atom is -0.501 e. The second kappa shape index (κ2) is 10.6. The molecule has 0 spiro atoms. The molecule has 1 amide bonds. The Morgan fingerprint density at radius 2 is 1.86 bits per heavy atom. The molecule has 0 radical (unpaired) electrons. The Kier molecular flexibility index (Phi) is 7.54. The number of aromatic nitrogens is 2. The number of hydrogen-bond donors (Lipinski definition) is 4. The fourth-order valence-electron chi connectivity index (χ4n) is 4.38. The fourth-order valence-corrected chi connectivity index (χ4v) is 4.58. The van der Waals surface area contributed by atoms with Gasteiger partial charge >= 0.3 is 0 Å². The number of amides is 1. The Balaban J connectivity index is 1.53. The summed E-state index contributed by atoms with van der Waals surface area (Å²) in [6.45, 7) is 9.09. The minimum atomic E-state index is -0.659. The van der Waals surface area contributed by atoms with Crippen LogP contribution in [0.1, 0.15) is 41.0 Å². The van der Waals surface area contributed by atoms with Gasteiger partial charge in [0, 0.05) is 48.8 Å². The molecule has 184 valence electrons. The van der Waals surface area contributed by atoms with Crippen molar-refractivity contribution in [3.8, 4) is 23.0 Å². The third-order valence-corrected chi connectivity index (χ3v) is 6.40. The Labute approximate surface area is 210 Å². The Hall–Kier alpha value is -3.20. The number of nitrogens with zero attached hydrogens (tertiary/aromatic N) is 3. The van der Waals surface area contributed by atoms with E-state index in [2.05, 4.69) is 39.3 Å². The quantitative estimate of drug-likeness (QED) is 0.413. The SMILES string of the molecule is Cc1ccc(CNC(=O)c2nc(-c3cccc(CN4CC(C)NC(C)C4)c3)nc(O)c2O)cc1Cl. The molecule has 8 nitrogen and oxygen atoms in total. The van der Waals surface area contributed by atoms with Crippen LogP contribution >= 0.6 is 11.6 Å². The zero-order chi connectivity index (χ0) is 25.1. The van der Waals surface area contributed by atoms with E-state index < -0.39 is 17.5 Å². The van der Waals surface area contributed by atoms with Crippen molar-refractivity contribution >= 4 is 17.5 Å². The van der Waals surface area contributed by atoms with Crippen LogP contribution in [0.15, 0.2) is 42.5 Å². The van der Waals surface area contributed by atoms with E-state index in [9.17, 15) is 15.0 Å². The number of hydrogen-bond acceptors (Lipinski definition) is 7. The fraction of sp³-hybridized carbons (Fsp3) is 0.346. The second-order valence-electron chi connectivity index (χ2n) is 9.20. The number of carbonyl (C=O) groups excluding carboxylic acids is 1. The highest BCUT2D eigenvalue weighted by atomic mass is 35.5. The van der Waals surface area contributed by atoms with Gasteiger partial charge in [0.1, 0.15) is 0 Å². The molecule has 3 aromatic rings. The monoisotopic (exact) mass is 495 g/mol. The molecule has 2 atom stereocenters. The number of halogens is 1. The van der Waals surface area contributed by atoms with E-state index in [0.29, 0.717) is 22.7 Å². The predicted octanol–water partition coefficient (Wildman–Crippen LogP) is 3.63. The highest BCUT2D eigenvalue weighted by Crippen LogP contribution is 2.29. The number of rotatable bonds is 6. The van der Waals surface area contributed by atoms with Crippen molar-refractivity contribution in [1.82, 2.24) is 25.5 Å². The van der Waals surface area contributed by atoms with Gasteiger partial charge in [-0.15, -0.1) is 0 Å². The first kappa shape index (κ1) is 24.9. The summed E-state index contributed by atoms with van der Waals surface area (Å²) in [6, 6.07) is 14.0. The van der Waals surface area contributed by atoms with E-state index in [-0.39, 0.29) is 18.1 Å². The molecule has 2 heterocycles. The summed E-state index contributed by atoms with van der Waals surface area (Å²) in [4.78, 5) is 23.5. The van der Waals surface area contributed by atoms with Crippen molar-refractivity contribution in [3.63, 3.8) is 0 Å². The summed E-state index contributed by atoms with van der Waals surface area (Å²) in [6.07, 6.45) is 0. The number of piperazine rings is 1. The van der Waals surface area contributed by atoms with Gasteiger partial charge in [-0.1, -0.05) is 41.9 Å². The lowest BCUT2D eigenvalue weighted by molar-refractivity contribution is 0.0942. The standard InChI is InChI=1S/C26H30ClN5O3/c1-15-7-8-18(10-21(15)27)11-28-25(34)22-23(33)26(35)31-24(30-22)20-6-4-5-19(9-20)14-32-12-16(2)29-17(3)13-32/h4-10,16-17,29,33H,11-14H2,1-3H3,(H,28,34)(H,30,31,35). The Bertz CT molecular complexity index is 1230. The molecule has 0 saturated carbocycles. The average molecular weight is 496 g/mol. The third-order valence-electron chi connectivity index (χ3n) is 5.99. The minimum absolute atomic E-state index is 0.160. The molecule has 1 aromatic heterocycles. The first-order valence-corrected chi connectivity index (χ1v) is 12.0. The molecule has 4 rings (SSSR count). The van der Waals surface area contributed by atoms with E-state index in [1.165, 1.54) is 0 Å². The molecule has 4 N–H and O–H groups in total. The van der Waals surface area contributed by atoms with Gasteiger partial charge < -0.3 is 20.8 Å². The highest BCUT2D eigenvalue weighted by molar-refractivity contribution is 6.31. The third kappa shape index (κ3) is 6.08. The molecule has 1 aliphatic heterocycles. The van der Waals surface area contributed by atoms with Crippen LogP contribution in [-0.2, 0) is 13.1 Å². The summed E-state index contributed by atoms with van der Waals surface area (Å²) < 4.78 is 0. The number of aromatic hydroxyl groups is 2. The lowest BCUT2D eigenvalue weighted by Gasteiger charge is -2.36. The molecule has 9 heteroatoms. The summed E-state index contributed by atoms with van der Waals surface area (Å²) in [5.41, 5.74) is 3.17. The molecule has 1 saturated heterocycles. The van der Waals surface area contributed by atoms with Gasteiger partial charge in [0.25, 0.3) is 11.8 Å². The molecular formula is C26H30ClN5O3. The lowest BCUT2D eigenvalue weighted by Crippen LogP contribution is -2.53. The molecule has 1 fully saturated rings. The van der Waals surface area contributed by atoms with Crippen molar-refractivity contribution in [2.24, 2.45) is 0 Å². The summed E-state index contributed by atoms with van der Waals surface area (Å²) >= 11 is 6.16. The maximum atomic E-state index is 12.8. The number of aryl methyl sites for hydroxylation is 1. The van der Waals surface area contributed by atoms with Gasteiger partial charge in [-0.25, -0.2) is 4.98 Å². The van der Waals surface area contributed by atoms with Crippen LogP contribution in [-0.4, -0.2) is 56.2 Å². The first-order valence-electron chi connectivity index (χ1n) is 11.6. The van der Waals surface area contributed by atoms with Crippen LogP contribution in [0.5, 0.6) is 11.6 Å². The highest BCUT2D eigenvalue weighted by Gasteiger charge is 2.22. The lowest BCUT2D eigenvalue weighted by atomic mass is 10.1. The topological polar surface area (TPSA) is 111 Å². The molecule has 2 unspecified atom stereocenters. The molecule has 35 heavy (non-hydrogen) atoms. The number of benzene rings is 2. The van der Waals surface area contributed by atoms with Crippen LogP contribution in [0.3, 0.4) is 0 Å². The van der Waals surface area contributed by atoms with E-state index in [4.69, 9.17) is 11.6 Å². The number of nitrogens with one attached hydrogen (secondary N) is 2. The van der Waals surface area contributed by atoms with Gasteiger partial charge in [-0.05, 0) is 49.6 Å². The van der Waals surface area contributed by atoms with Crippen LogP contribution in [0.2, 0.25) is 5.02 Å². The van der Waals surface area contributed by atoms with Crippen LogP contribution < -0.4 is 10.6 Å². The van der Waals surface area contributed by atoms with Gasteiger partial charge in [0.15, 0.2) is 11.5 Å². The van der Waals surface area contributed by atoms with Crippen molar-refractivity contribution in [2.75, 3.05) is 13.1 Å². The average Bonchev–Trinajstić information content (AvgIpc) is 2.81. The van der Waals surface area contributed by atoms with Crippen LogP contribution in [0.4, 0.5) is 0 Å². The Morgan fingerprint density at radius 3 is 2.57 bits per heavy atom. The van der Waals surface area contributed by atoms with Crippen molar-refractivity contribution < 1.29 is 15.0 Å². The summed E-state index contributed by atoms with van der Waals surface area (Å²) in [7, 11) is 0. The molecule has 1 aliphatic rings. The van der Waals surface area contributed by atoms with Crippen molar-refractivity contribution in [1.29, 1.82) is 0 Å². The molecular weight excluding hydrogens is 466 g/mol. The van der Waals surface area contributed by atoms with E-state index in [1.54, 1.807) is 6.07 Å². The smallest absolute Gasteiger partial charge is 0.274 e. The maximum absolute atomic E-state index is 12.8.